The van der Waals surface area contributed by atoms with Gasteiger partial charge in [-0.1, -0.05) is 0 Å². The maximum Gasteiger partial charge on any atom is 0.217 e. The summed E-state index contributed by atoms with van der Waals surface area (Å²) in [6.45, 7) is 3.68. The van der Waals surface area contributed by atoms with E-state index in [9.17, 15) is 13.6 Å². The molecule has 0 fully saturated rings. The second kappa shape index (κ2) is 5.40. The summed E-state index contributed by atoms with van der Waals surface area (Å²) in [5.41, 5.74) is -0.0693. The minimum absolute atomic E-state index is 0.0960. The Hall–Kier alpha value is -2.24. The zero-order valence-electron chi connectivity index (χ0n) is 11.4. The van der Waals surface area contributed by atoms with Crippen LogP contribution < -0.4 is 4.74 Å². The molecule has 0 saturated heterocycles. The summed E-state index contributed by atoms with van der Waals surface area (Å²) in [5, 5.41) is 4.05. The Kier molecular flexibility index (Phi) is 3.83. The van der Waals surface area contributed by atoms with E-state index in [2.05, 4.69) is 5.10 Å². The third kappa shape index (κ3) is 2.41. The van der Waals surface area contributed by atoms with Crippen LogP contribution in [0.1, 0.15) is 35.9 Å². The van der Waals surface area contributed by atoms with Crippen molar-refractivity contribution in [2.75, 3.05) is 7.11 Å². The molecule has 1 heterocycles. The van der Waals surface area contributed by atoms with Crippen LogP contribution in [0.15, 0.2) is 24.4 Å². The van der Waals surface area contributed by atoms with E-state index >= 15 is 0 Å². The van der Waals surface area contributed by atoms with E-state index in [1.165, 1.54) is 18.0 Å². The number of aromatic nitrogens is 2. The molecule has 0 aliphatic carbocycles. The molecule has 0 N–H and O–H groups in total. The summed E-state index contributed by atoms with van der Waals surface area (Å²) in [6.07, 6.45) is 1.40. The fraction of sp³-hybridized carbons (Fsp3) is 0.286. The SMILES string of the molecule is COc1cnn(C(C)C)c1C(=O)c1ccc(F)cc1F. The Morgan fingerprint density at radius 3 is 2.60 bits per heavy atom. The van der Waals surface area contributed by atoms with Gasteiger partial charge in [0, 0.05) is 12.1 Å². The van der Waals surface area contributed by atoms with E-state index < -0.39 is 17.4 Å². The lowest BCUT2D eigenvalue weighted by Gasteiger charge is -2.11. The largest absolute Gasteiger partial charge is 0.493 e. The van der Waals surface area contributed by atoms with E-state index in [0.29, 0.717) is 6.07 Å². The number of carbonyl (C=O) groups is 1. The Labute approximate surface area is 115 Å². The predicted molar refractivity (Wildman–Crippen MR) is 69.0 cm³/mol. The average molecular weight is 280 g/mol. The number of carbonyl (C=O) groups excluding carboxylic acids is 1. The molecule has 0 radical (unpaired) electrons. The number of ketones is 1. The van der Waals surface area contributed by atoms with Gasteiger partial charge in [0.05, 0.1) is 18.9 Å². The highest BCUT2D eigenvalue weighted by Crippen LogP contribution is 2.25. The van der Waals surface area contributed by atoms with Gasteiger partial charge in [-0.25, -0.2) is 8.78 Å². The maximum atomic E-state index is 13.7. The van der Waals surface area contributed by atoms with Gasteiger partial charge < -0.3 is 4.74 Å². The normalized spacial score (nSPS) is 10.9. The highest BCUT2D eigenvalue weighted by molar-refractivity contribution is 6.09. The van der Waals surface area contributed by atoms with E-state index in [1.54, 1.807) is 0 Å². The first-order valence-electron chi connectivity index (χ1n) is 6.07. The van der Waals surface area contributed by atoms with Gasteiger partial charge in [-0.3, -0.25) is 9.48 Å². The third-order valence-electron chi connectivity index (χ3n) is 2.86. The van der Waals surface area contributed by atoms with Crippen LogP contribution in [0, 0.1) is 11.6 Å². The molecule has 0 amide bonds. The Morgan fingerprint density at radius 1 is 1.35 bits per heavy atom. The minimum atomic E-state index is -0.909. The van der Waals surface area contributed by atoms with Crippen LogP contribution in [0.2, 0.25) is 0 Å². The van der Waals surface area contributed by atoms with Crippen molar-refractivity contribution in [3.8, 4) is 5.75 Å². The molecule has 4 nitrogen and oxygen atoms in total. The summed E-state index contributed by atoms with van der Waals surface area (Å²) in [5.74, 6) is -1.98. The van der Waals surface area contributed by atoms with Crippen molar-refractivity contribution in [3.63, 3.8) is 0 Å². The molecular weight excluding hydrogens is 266 g/mol. The molecular formula is C14H14F2N2O2. The van der Waals surface area contributed by atoms with Crippen molar-refractivity contribution in [3.05, 3.63) is 47.3 Å². The number of benzene rings is 1. The molecule has 0 bridgehead atoms. The third-order valence-corrected chi connectivity index (χ3v) is 2.86. The van der Waals surface area contributed by atoms with Crippen LogP contribution in [0.3, 0.4) is 0 Å². The van der Waals surface area contributed by atoms with Crippen LogP contribution in [-0.4, -0.2) is 22.7 Å². The fourth-order valence-electron chi connectivity index (χ4n) is 1.90. The summed E-state index contributed by atoms with van der Waals surface area (Å²) in [4.78, 5) is 12.4. The summed E-state index contributed by atoms with van der Waals surface area (Å²) < 4.78 is 33.2. The second-order valence-corrected chi connectivity index (χ2v) is 4.55. The van der Waals surface area contributed by atoms with Gasteiger partial charge in [-0.15, -0.1) is 0 Å². The number of nitrogens with zero attached hydrogens (tertiary/aromatic N) is 2. The standard InChI is InChI=1S/C14H14F2N2O2/c1-8(2)18-13(12(20-3)7-17-18)14(19)10-5-4-9(15)6-11(10)16/h4-8H,1-3H3. The zero-order chi connectivity index (χ0) is 14.9. The van der Waals surface area contributed by atoms with Crippen LogP contribution >= 0.6 is 0 Å². The number of ether oxygens (including phenoxy) is 1. The molecule has 0 atom stereocenters. The predicted octanol–water partition coefficient (Wildman–Crippen LogP) is 2.98. The molecule has 2 aromatic rings. The lowest BCUT2D eigenvalue weighted by Crippen LogP contribution is -2.15. The minimum Gasteiger partial charge on any atom is -0.493 e. The van der Waals surface area contributed by atoms with Gasteiger partial charge in [-0.05, 0) is 26.0 Å². The average Bonchev–Trinajstić information content (AvgIpc) is 2.81. The van der Waals surface area contributed by atoms with Crippen molar-refractivity contribution in [1.29, 1.82) is 0 Å². The zero-order valence-corrected chi connectivity index (χ0v) is 11.4. The monoisotopic (exact) mass is 280 g/mol. The molecule has 1 aromatic heterocycles. The summed E-state index contributed by atoms with van der Waals surface area (Å²) in [7, 11) is 1.40. The maximum absolute atomic E-state index is 13.7. The smallest absolute Gasteiger partial charge is 0.217 e. The van der Waals surface area contributed by atoms with Crippen LogP contribution in [0.5, 0.6) is 5.75 Å². The first kappa shape index (κ1) is 14.2. The lowest BCUT2D eigenvalue weighted by molar-refractivity contribution is 0.102. The van der Waals surface area contributed by atoms with Gasteiger partial charge in [-0.2, -0.15) is 5.10 Å². The van der Waals surface area contributed by atoms with Crippen LogP contribution in [0.4, 0.5) is 8.78 Å². The van der Waals surface area contributed by atoms with Crippen molar-refractivity contribution in [2.45, 2.75) is 19.9 Å². The highest BCUT2D eigenvalue weighted by atomic mass is 19.1. The van der Waals surface area contributed by atoms with Crippen LogP contribution in [0.25, 0.3) is 0 Å². The molecule has 0 aliphatic heterocycles. The molecule has 0 unspecified atom stereocenters. The number of hydrogen-bond donors (Lipinski definition) is 0. The molecule has 0 aliphatic rings. The number of methoxy groups -OCH3 is 1. The summed E-state index contributed by atoms with van der Waals surface area (Å²) >= 11 is 0. The molecule has 106 valence electrons. The van der Waals surface area contributed by atoms with Crippen molar-refractivity contribution in [2.24, 2.45) is 0 Å². The molecule has 6 heteroatoms. The number of hydrogen-bond acceptors (Lipinski definition) is 3. The van der Waals surface area contributed by atoms with Gasteiger partial charge in [0.15, 0.2) is 11.4 Å². The van der Waals surface area contributed by atoms with E-state index in [-0.39, 0.29) is 23.0 Å². The van der Waals surface area contributed by atoms with Crippen LogP contribution in [-0.2, 0) is 0 Å². The first-order valence-corrected chi connectivity index (χ1v) is 6.07. The van der Waals surface area contributed by atoms with Gasteiger partial charge in [0.2, 0.25) is 5.78 Å². The first-order chi connectivity index (χ1) is 9.45. The van der Waals surface area contributed by atoms with Crippen molar-refractivity contribution in [1.82, 2.24) is 9.78 Å². The van der Waals surface area contributed by atoms with Gasteiger partial charge in [0.1, 0.15) is 11.6 Å². The Bertz CT molecular complexity index is 651. The van der Waals surface area contributed by atoms with E-state index in [4.69, 9.17) is 4.74 Å². The van der Waals surface area contributed by atoms with E-state index in [0.717, 1.165) is 12.1 Å². The molecule has 0 saturated carbocycles. The highest BCUT2D eigenvalue weighted by Gasteiger charge is 2.24. The summed E-state index contributed by atoms with van der Waals surface area (Å²) in [6, 6.07) is 2.74. The number of rotatable bonds is 4. The Balaban J connectivity index is 2.55. The molecule has 20 heavy (non-hydrogen) atoms. The van der Waals surface area contributed by atoms with E-state index in [1.807, 2.05) is 13.8 Å². The molecule has 1 aromatic carbocycles. The molecule has 2 rings (SSSR count). The van der Waals surface area contributed by atoms with Crippen molar-refractivity contribution < 1.29 is 18.3 Å². The molecule has 0 spiro atoms. The quantitative estimate of drug-likeness (QED) is 0.809. The second-order valence-electron chi connectivity index (χ2n) is 4.55. The topological polar surface area (TPSA) is 44.1 Å². The number of halogens is 2. The lowest BCUT2D eigenvalue weighted by atomic mass is 10.1. The van der Waals surface area contributed by atoms with Crippen molar-refractivity contribution >= 4 is 5.78 Å². The van der Waals surface area contributed by atoms with Gasteiger partial charge >= 0.3 is 0 Å². The Morgan fingerprint density at radius 2 is 2.05 bits per heavy atom. The van der Waals surface area contributed by atoms with Gasteiger partial charge in [0.25, 0.3) is 0 Å². The fourth-order valence-corrected chi connectivity index (χ4v) is 1.90.